The van der Waals surface area contributed by atoms with Crippen molar-refractivity contribution in [3.8, 4) is 0 Å². The molecule has 0 atom stereocenters. The fourth-order valence-electron chi connectivity index (χ4n) is 0.449. The molecule has 0 aromatic rings. The van der Waals surface area contributed by atoms with Crippen molar-refractivity contribution in [1.29, 1.82) is 0 Å². The monoisotopic (exact) mass is 264 g/mol. The van der Waals surface area contributed by atoms with E-state index in [1.165, 1.54) is 27.9 Å². The van der Waals surface area contributed by atoms with Crippen LogP contribution in [0, 0.1) is 0 Å². The minimum atomic E-state index is -0.245. The third-order valence-electron chi connectivity index (χ3n) is 1.14. The van der Waals surface area contributed by atoms with Crippen LogP contribution >= 0.6 is 0 Å². The Morgan fingerprint density at radius 2 is 1.22 bits per heavy atom. The van der Waals surface area contributed by atoms with Crippen LogP contribution in [-0.4, -0.2) is 38.2 Å². The average Bonchev–Trinajstić information content (AvgIpc) is 2.27. The van der Waals surface area contributed by atoms with Crippen LogP contribution in [0.25, 0.3) is 0 Å². The lowest BCUT2D eigenvalue weighted by atomic mass is 10.5. The highest BCUT2D eigenvalue weighted by molar-refractivity contribution is 5.66. The van der Waals surface area contributed by atoms with Gasteiger partial charge >= 0.3 is 17.9 Å². The first-order valence-electron chi connectivity index (χ1n) is 5.62. The molecule has 18 heavy (non-hydrogen) atoms. The van der Waals surface area contributed by atoms with E-state index in [1.54, 1.807) is 6.92 Å². The lowest BCUT2D eigenvalue weighted by molar-refractivity contribution is -0.141. The van der Waals surface area contributed by atoms with Crippen molar-refractivity contribution in [2.45, 2.75) is 41.0 Å². The summed E-state index contributed by atoms with van der Waals surface area (Å²) in [5.74, 6) is -0.649. The van der Waals surface area contributed by atoms with E-state index in [0.717, 1.165) is 6.42 Å². The molecule has 0 aliphatic carbocycles. The molecule has 0 bridgehead atoms. The van der Waals surface area contributed by atoms with Gasteiger partial charge in [0.25, 0.3) is 0 Å². The van der Waals surface area contributed by atoms with Crippen molar-refractivity contribution in [3.05, 3.63) is 0 Å². The SMILES string of the molecule is CCCOC(C)=O.CCOC(C)=O.COC(C)=O. The highest BCUT2D eigenvalue weighted by Gasteiger charge is 1.85. The van der Waals surface area contributed by atoms with Crippen LogP contribution in [0.15, 0.2) is 0 Å². The zero-order valence-corrected chi connectivity index (χ0v) is 12.1. The summed E-state index contributed by atoms with van der Waals surface area (Å²) < 4.78 is 13.1. The van der Waals surface area contributed by atoms with E-state index < -0.39 is 0 Å². The third-order valence-corrected chi connectivity index (χ3v) is 1.14. The van der Waals surface area contributed by atoms with E-state index >= 15 is 0 Å². The quantitative estimate of drug-likeness (QED) is 0.570. The number of ether oxygens (including phenoxy) is 3. The molecule has 0 aliphatic heterocycles. The maximum atomic E-state index is 9.98. The van der Waals surface area contributed by atoms with E-state index in [-0.39, 0.29) is 17.9 Å². The van der Waals surface area contributed by atoms with Gasteiger partial charge in [0.05, 0.1) is 20.3 Å². The molecule has 0 unspecified atom stereocenters. The first-order valence-corrected chi connectivity index (χ1v) is 5.62. The fourth-order valence-corrected chi connectivity index (χ4v) is 0.449. The van der Waals surface area contributed by atoms with Gasteiger partial charge in [0.1, 0.15) is 0 Å². The average molecular weight is 264 g/mol. The van der Waals surface area contributed by atoms with Crippen LogP contribution in [-0.2, 0) is 28.6 Å². The molecule has 0 N–H and O–H groups in total. The van der Waals surface area contributed by atoms with E-state index in [2.05, 4.69) is 14.2 Å². The first kappa shape index (κ1) is 21.7. The molecule has 0 radical (unpaired) electrons. The molecule has 0 rings (SSSR count). The molecule has 0 heterocycles. The van der Waals surface area contributed by atoms with Gasteiger partial charge in [0, 0.05) is 20.8 Å². The topological polar surface area (TPSA) is 78.9 Å². The van der Waals surface area contributed by atoms with Crippen LogP contribution < -0.4 is 0 Å². The maximum Gasteiger partial charge on any atom is 0.302 e. The summed E-state index contributed by atoms with van der Waals surface area (Å²) in [6.07, 6.45) is 0.902. The Hall–Kier alpha value is -1.59. The zero-order valence-electron chi connectivity index (χ0n) is 12.1. The molecule has 6 nitrogen and oxygen atoms in total. The Labute approximate surface area is 109 Å². The molecule has 108 valence electrons. The number of carbonyl (C=O) groups is 3. The lowest BCUT2D eigenvalue weighted by Crippen LogP contribution is -1.98. The molecule has 0 aliphatic rings. The lowest BCUT2D eigenvalue weighted by Gasteiger charge is -1.93. The first-order chi connectivity index (χ1) is 8.31. The van der Waals surface area contributed by atoms with E-state index in [0.29, 0.717) is 13.2 Å². The number of methoxy groups -OCH3 is 1. The Balaban J connectivity index is -0.000000190. The number of rotatable bonds is 3. The van der Waals surface area contributed by atoms with E-state index in [1.807, 2.05) is 6.92 Å². The summed E-state index contributed by atoms with van der Waals surface area (Å²) in [4.78, 5) is 29.4. The molecule has 6 heteroatoms. The molecule has 0 saturated heterocycles. The van der Waals surface area contributed by atoms with Crippen molar-refractivity contribution in [3.63, 3.8) is 0 Å². The summed E-state index contributed by atoms with van der Waals surface area (Å²) in [5, 5.41) is 0. The van der Waals surface area contributed by atoms with Gasteiger partial charge < -0.3 is 14.2 Å². The van der Waals surface area contributed by atoms with Gasteiger partial charge in [0.15, 0.2) is 0 Å². The molecule has 0 amide bonds. The predicted molar refractivity (Wildman–Crippen MR) is 66.9 cm³/mol. The van der Waals surface area contributed by atoms with E-state index in [9.17, 15) is 14.4 Å². The summed E-state index contributed by atoms with van der Waals surface area (Å²) in [7, 11) is 1.35. The smallest absolute Gasteiger partial charge is 0.302 e. The molecule has 0 fully saturated rings. The second kappa shape index (κ2) is 17.8. The van der Waals surface area contributed by atoms with Crippen LogP contribution in [0.3, 0.4) is 0 Å². The van der Waals surface area contributed by atoms with Gasteiger partial charge in [-0.15, -0.1) is 0 Å². The van der Waals surface area contributed by atoms with Crippen LogP contribution in [0.4, 0.5) is 0 Å². The highest BCUT2D eigenvalue weighted by Crippen LogP contribution is 1.78. The number of hydrogen-bond acceptors (Lipinski definition) is 6. The summed E-state index contributed by atoms with van der Waals surface area (Å²) in [5.41, 5.74) is 0. The van der Waals surface area contributed by atoms with Gasteiger partial charge in [0.2, 0.25) is 0 Å². The standard InChI is InChI=1S/C5H10O2.C4H8O2.C3H6O2/c1-3-4-7-5(2)6;1-3-6-4(2)5;1-3(4)5-2/h3-4H2,1-2H3;3H2,1-2H3;1-2H3. The predicted octanol–water partition coefficient (Wildman–Crippen LogP) is 1.71. The van der Waals surface area contributed by atoms with Gasteiger partial charge in [-0.1, -0.05) is 6.92 Å². The molecule has 0 aromatic heterocycles. The minimum absolute atomic E-state index is 0.193. The van der Waals surface area contributed by atoms with Crippen molar-refractivity contribution >= 4 is 17.9 Å². The molecular formula is C12H24O6. The Morgan fingerprint density at radius 3 is 1.28 bits per heavy atom. The van der Waals surface area contributed by atoms with Crippen molar-refractivity contribution in [2.24, 2.45) is 0 Å². The number of esters is 3. The zero-order chi connectivity index (χ0) is 15.0. The normalized spacial score (nSPS) is 7.67. The van der Waals surface area contributed by atoms with E-state index in [4.69, 9.17) is 0 Å². The Kier molecular flexibility index (Phi) is 21.4. The second-order valence-corrected chi connectivity index (χ2v) is 2.96. The fraction of sp³-hybridized carbons (Fsp3) is 0.750. The van der Waals surface area contributed by atoms with Gasteiger partial charge in [-0.25, -0.2) is 0 Å². The highest BCUT2D eigenvalue weighted by atomic mass is 16.5. The summed E-state index contributed by atoms with van der Waals surface area (Å²) >= 11 is 0. The number of hydrogen-bond donors (Lipinski definition) is 0. The molecule has 0 spiro atoms. The number of carbonyl (C=O) groups excluding carboxylic acids is 3. The van der Waals surface area contributed by atoms with Crippen molar-refractivity contribution < 1.29 is 28.6 Å². The summed E-state index contributed by atoms with van der Waals surface area (Å²) in [6, 6.07) is 0. The van der Waals surface area contributed by atoms with Gasteiger partial charge in [-0.2, -0.15) is 0 Å². The van der Waals surface area contributed by atoms with Crippen molar-refractivity contribution in [1.82, 2.24) is 0 Å². The second-order valence-electron chi connectivity index (χ2n) is 2.96. The minimum Gasteiger partial charge on any atom is -0.469 e. The summed E-state index contributed by atoms with van der Waals surface area (Å²) in [6.45, 7) is 8.94. The van der Waals surface area contributed by atoms with Crippen LogP contribution in [0.5, 0.6) is 0 Å². The van der Waals surface area contributed by atoms with Crippen LogP contribution in [0.1, 0.15) is 41.0 Å². The molecule has 0 saturated carbocycles. The van der Waals surface area contributed by atoms with Gasteiger partial charge in [-0.3, -0.25) is 14.4 Å². The largest absolute Gasteiger partial charge is 0.469 e. The van der Waals surface area contributed by atoms with Crippen molar-refractivity contribution in [2.75, 3.05) is 20.3 Å². The van der Waals surface area contributed by atoms with Crippen LogP contribution in [0.2, 0.25) is 0 Å². The Morgan fingerprint density at radius 1 is 0.833 bits per heavy atom. The van der Waals surface area contributed by atoms with Gasteiger partial charge in [-0.05, 0) is 13.3 Å². The third kappa shape index (κ3) is 47.2. The maximum absolute atomic E-state index is 9.98. The molecule has 0 aromatic carbocycles. The Bertz CT molecular complexity index is 225. The molecular weight excluding hydrogens is 240 g/mol.